The summed E-state index contributed by atoms with van der Waals surface area (Å²) >= 11 is 11.6. The van der Waals surface area contributed by atoms with E-state index < -0.39 is 9.84 Å². The highest BCUT2D eigenvalue weighted by Gasteiger charge is 2.07. The van der Waals surface area contributed by atoms with Crippen molar-refractivity contribution in [2.45, 2.75) is 6.42 Å². The van der Waals surface area contributed by atoms with Crippen LogP contribution in [0.25, 0.3) is 0 Å². The standard InChI is InChI=1S/C11H13Cl2NO3S/c1-18(16,17)5-4-14-11(15)7-8-2-3-9(12)10(13)6-8/h2-3,6H,4-5,7H2,1H3,(H,14,15). The molecule has 0 saturated heterocycles. The van der Waals surface area contributed by atoms with E-state index in [4.69, 9.17) is 23.2 Å². The summed E-state index contributed by atoms with van der Waals surface area (Å²) in [6.07, 6.45) is 1.26. The first-order valence-electron chi connectivity index (χ1n) is 5.16. The number of hydrogen-bond acceptors (Lipinski definition) is 3. The third-order valence-electron chi connectivity index (χ3n) is 2.14. The van der Waals surface area contributed by atoms with Crippen LogP contribution in [0, 0.1) is 0 Å². The van der Waals surface area contributed by atoms with E-state index in [1.807, 2.05) is 0 Å². The molecule has 0 aliphatic rings. The molecule has 18 heavy (non-hydrogen) atoms. The Hall–Kier alpha value is -0.780. The molecule has 1 amide bonds. The van der Waals surface area contributed by atoms with Crippen LogP contribution in [0.2, 0.25) is 10.0 Å². The second-order valence-electron chi connectivity index (χ2n) is 3.91. The minimum absolute atomic E-state index is 0.0693. The fourth-order valence-corrected chi connectivity index (χ4v) is 2.07. The zero-order valence-corrected chi connectivity index (χ0v) is 12.1. The molecule has 0 radical (unpaired) electrons. The average Bonchev–Trinajstić information content (AvgIpc) is 2.21. The van der Waals surface area contributed by atoms with Crippen molar-refractivity contribution in [1.29, 1.82) is 0 Å². The molecule has 100 valence electrons. The highest BCUT2D eigenvalue weighted by molar-refractivity contribution is 7.90. The van der Waals surface area contributed by atoms with Crippen molar-refractivity contribution in [1.82, 2.24) is 5.32 Å². The quantitative estimate of drug-likeness (QED) is 0.900. The van der Waals surface area contributed by atoms with Gasteiger partial charge in [-0.05, 0) is 17.7 Å². The van der Waals surface area contributed by atoms with E-state index in [9.17, 15) is 13.2 Å². The van der Waals surface area contributed by atoms with Crippen LogP contribution in [0.3, 0.4) is 0 Å². The summed E-state index contributed by atoms with van der Waals surface area (Å²) in [5.74, 6) is -0.322. The Labute approximate surface area is 116 Å². The molecule has 1 N–H and O–H groups in total. The molecule has 1 aromatic carbocycles. The van der Waals surface area contributed by atoms with Crippen molar-refractivity contribution in [2.75, 3.05) is 18.6 Å². The summed E-state index contributed by atoms with van der Waals surface area (Å²) in [5, 5.41) is 3.34. The van der Waals surface area contributed by atoms with Gasteiger partial charge in [-0.25, -0.2) is 8.42 Å². The number of amides is 1. The molecule has 4 nitrogen and oxygen atoms in total. The summed E-state index contributed by atoms with van der Waals surface area (Å²) in [7, 11) is -3.06. The van der Waals surface area contributed by atoms with Gasteiger partial charge < -0.3 is 5.32 Å². The maximum atomic E-state index is 11.5. The molecule has 0 heterocycles. The first-order valence-corrected chi connectivity index (χ1v) is 7.98. The van der Waals surface area contributed by atoms with Crippen LogP contribution in [-0.2, 0) is 21.1 Å². The number of benzene rings is 1. The van der Waals surface area contributed by atoms with E-state index >= 15 is 0 Å². The van der Waals surface area contributed by atoms with Crippen molar-refractivity contribution < 1.29 is 13.2 Å². The van der Waals surface area contributed by atoms with E-state index in [0.717, 1.165) is 11.8 Å². The first-order chi connectivity index (χ1) is 8.28. The van der Waals surface area contributed by atoms with Gasteiger partial charge in [0, 0.05) is 12.8 Å². The zero-order valence-electron chi connectivity index (χ0n) is 9.74. The smallest absolute Gasteiger partial charge is 0.224 e. The third-order valence-corrected chi connectivity index (χ3v) is 3.83. The predicted octanol–water partition coefficient (Wildman–Crippen LogP) is 1.70. The SMILES string of the molecule is CS(=O)(=O)CCNC(=O)Cc1ccc(Cl)c(Cl)c1. The van der Waals surface area contributed by atoms with Gasteiger partial charge in [-0.15, -0.1) is 0 Å². The monoisotopic (exact) mass is 309 g/mol. The lowest BCUT2D eigenvalue weighted by atomic mass is 10.1. The molecule has 7 heteroatoms. The van der Waals surface area contributed by atoms with Crippen molar-refractivity contribution >= 4 is 38.9 Å². The lowest BCUT2D eigenvalue weighted by molar-refractivity contribution is -0.120. The molecule has 0 bridgehead atoms. The number of carbonyl (C=O) groups is 1. The summed E-state index contributed by atoms with van der Waals surface area (Å²) in [4.78, 5) is 11.5. The maximum Gasteiger partial charge on any atom is 0.224 e. The number of sulfone groups is 1. The van der Waals surface area contributed by atoms with Crippen molar-refractivity contribution in [3.63, 3.8) is 0 Å². The molecular formula is C11H13Cl2NO3S. The minimum Gasteiger partial charge on any atom is -0.355 e. The molecule has 1 aromatic rings. The molecular weight excluding hydrogens is 297 g/mol. The molecule has 0 spiro atoms. The van der Waals surface area contributed by atoms with Gasteiger partial charge in [-0.2, -0.15) is 0 Å². The molecule has 0 fully saturated rings. The largest absolute Gasteiger partial charge is 0.355 e. The highest BCUT2D eigenvalue weighted by Crippen LogP contribution is 2.22. The Morgan fingerprint density at radius 3 is 2.50 bits per heavy atom. The average molecular weight is 310 g/mol. The Morgan fingerprint density at radius 2 is 1.94 bits per heavy atom. The van der Waals surface area contributed by atoms with Crippen LogP contribution in [0.4, 0.5) is 0 Å². The van der Waals surface area contributed by atoms with Crippen LogP contribution in [0.5, 0.6) is 0 Å². The van der Waals surface area contributed by atoms with Gasteiger partial charge in [0.05, 0.1) is 22.2 Å². The molecule has 0 aromatic heterocycles. The fourth-order valence-electron chi connectivity index (χ4n) is 1.27. The topological polar surface area (TPSA) is 63.2 Å². The number of halogens is 2. The summed E-state index contributed by atoms with van der Waals surface area (Å²) in [6.45, 7) is 0.110. The van der Waals surface area contributed by atoms with Crippen molar-refractivity contribution in [2.24, 2.45) is 0 Å². The van der Waals surface area contributed by atoms with Gasteiger partial charge in [0.15, 0.2) is 0 Å². The summed E-state index contributed by atoms with van der Waals surface area (Å²) in [6, 6.07) is 4.92. The Kier molecular flexibility index (Phi) is 5.44. The normalized spacial score (nSPS) is 11.3. The van der Waals surface area contributed by atoms with E-state index in [0.29, 0.717) is 10.0 Å². The Morgan fingerprint density at radius 1 is 1.28 bits per heavy atom. The first kappa shape index (κ1) is 15.3. The van der Waals surface area contributed by atoms with Crippen LogP contribution in [0.15, 0.2) is 18.2 Å². The van der Waals surface area contributed by atoms with Gasteiger partial charge in [-0.3, -0.25) is 4.79 Å². The van der Waals surface area contributed by atoms with E-state index in [-0.39, 0.29) is 24.6 Å². The van der Waals surface area contributed by atoms with Crippen molar-refractivity contribution in [3.8, 4) is 0 Å². The number of hydrogen-bond donors (Lipinski definition) is 1. The zero-order chi connectivity index (χ0) is 13.8. The third kappa shape index (κ3) is 5.71. The van der Waals surface area contributed by atoms with Crippen LogP contribution in [-0.4, -0.2) is 32.9 Å². The van der Waals surface area contributed by atoms with Crippen LogP contribution < -0.4 is 5.32 Å². The lowest BCUT2D eigenvalue weighted by Gasteiger charge is -2.05. The number of carbonyl (C=O) groups excluding carboxylic acids is 1. The van der Waals surface area contributed by atoms with Crippen LogP contribution in [0.1, 0.15) is 5.56 Å². The Balaban J connectivity index is 2.47. The molecule has 0 unspecified atom stereocenters. The lowest BCUT2D eigenvalue weighted by Crippen LogP contribution is -2.29. The number of nitrogens with one attached hydrogen (secondary N) is 1. The van der Waals surface area contributed by atoms with Gasteiger partial charge in [0.25, 0.3) is 0 Å². The fraction of sp³-hybridized carbons (Fsp3) is 0.364. The maximum absolute atomic E-state index is 11.5. The number of rotatable bonds is 5. The molecule has 0 atom stereocenters. The van der Waals surface area contributed by atoms with E-state index in [1.165, 1.54) is 0 Å². The molecule has 0 aliphatic heterocycles. The van der Waals surface area contributed by atoms with Gasteiger partial charge in [0.1, 0.15) is 9.84 Å². The summed E-state index contributed by atoms with van der Waals surface area (Å²) in [5.41, 5.74) is 0.723. The Bertz CT molecular complexity index is 543. The van der Waals surface area contributed by atoms with Gasteiger partial charge in [-0.1, -0.05) is 29.3 Å². The van der Waals surface area contributed by atoms with E-state index in [1.54, 1.807) is 18.2 Å². The second-order valence-corrected chi connectivity index (χ2v) is 6.98. The summed E-state index contributed by atoms with van der Waals surface area (Å²) < 4.78 is 21.7. The predicted molar refractivity (Wildman–Crippen MR) is 72.9 cm³/mol. The van der Waals surface area contributed by atoms with Gasteiger partial charge in [0.2, 0.25) is 5.91 Å². The van der Waals surface area contributed by atoms with E-state index in [2.05, 4.69) is 5.32 Å². The van der Waals surface area contributed by atoms with Gasteiger partial charge >= 0.3 is 0 Å². The van der Waals surface area contributed by atoms with Crippen LogP contribution >= 0.6 is 23.2 Å². The highest BCUT2D eigenvalue weighted by atomic mass is 35.5. The van der Waals surface area contributed by atoms with Crippen molar-refractivity contribution in [3.05, 3.63) is 33.8 Å². The second kappa shape index (κ2) is 6.41. The minimum atomic E-state index is -3.06. The molecule has 1 rings (SSSR count). The molecule has 0 saturated carbocycles. The molecule has 0 aliphatic carbocycles.